The molecule has 0 radical (unpaired) electrons. The monoisotopic (exact) mass is 197 g/mol. The summed E-state index contributed by atoms with van der Waals surface area (Å²) < 4.78 is 0. The van der Waals surface area contributed by atoms with E-state index in [1.54, 1.807) is 0 Å². The van der Waals surface area contributed by atoms with Crippen molar-refractivity contribution in [2.45, 2.75) is 0 Å². The fourth-order valence-corrected chi connectivity index (χ4v) is 1.24. The van der Waals surface area contributed by atoms with Crippen LogP contribution in [-0.4, -0.2) is 16.9 Å². The Bertz CT molecular complexity index is 370. The number of aromatic carboxylic acids is 1. The molecule has 68 valence electrons. The number of nitrogens with two attached hydrogens (primary N) is 1. The molecule has 1 amide bonds. The summed E-state index contributed by atoms with van der Waals surface area (Å²) in [5.41, 5.74) is 5.21. The van der Waals surface area contributed by atoms with Crippen LogP contribution >= 0.6 is 11.3 Å². The molecule has 13 heavy (non-hydrogen) atoms. The van der Waals surface area contributed by atoms with Crippen molar-refractivity contribution >= 4 is 29.3 Å². The molecule has 6 heteroatoms. The Morgan fingerprint density at radius 2 is 2.31 bits per heavy atom. The van der Waals surface area contributed by atoms with Crippen molar-refractivity contribution in [1.29, 1.82) is 0 Å². The van der Waals surface area contributed by atoms with Crippen molar-refractivity contribution in [3.05, 3.63) is 22.2 Å². The van der Waals surface area contributed by atoms with E-state index >= 15 is 0 Å². The Labute approximate surface area is 77.5 Å². The van der Waals surface area contributed by atoms with E-state index in [0.29, 0.717) is 5.69 Å². The second-order valence-corrected chi connectivity index (χ2v) is 2.96. The Balaban J connectivity index is 2.80. The number of amides is 1. The van der Waals surface area contributed by atoms with Crippen LogP contribution in [0.15, 0.2) is 11.5 Å². The van der Waals surface area contributed by atoms with Gasteiger partial charge in [-0.15, -0.1) is 11.3 Å². The zero-order chi connectivity index (χ0) is 9.84. The van der Waals surface area contributed by atoms with Gasteiger partial charge in [0.2, 0.25) is 5.91 Å². The summed E-state index contributed by atoms with van der Waals surface area (Å²) in [6.45, 7) is 0. The van der Waals surface area contributed by atoms with Crippen LogP contribution in [0.1, 0.15) is 15.5 Å². The second kappa shape index (κ2) is 3.81. The normalized spacial score (nSPS) is 10.5. The number of carboxylic acid groups (broad SMARTS) is 1. The molecule has 2 N–H and O–H groups in total. The third-order valence-electron chi connectivity index (χ3n) is 1.11. The fraction of sp³-hybridized carbons (Fsp3) is 0. The molecule has 0 atom stereocenters. The number of thiazole rings is 1. The average molecular weight is 197 g/mol. The van der Waals surface area contributed by atoms with Crippen molar-refractivity contribution in [3.8, 4) is 0 Å². The molecule has 0 unspecified atom stereocenters. The van der Waals surface area contributed by atoms with E-state index in [0.717, 1.165) is 17.4 Å². The molecule has 1 heterocycles. The number of carboxylic acids is 1. The molecule has 0 aliphatic carbocycles. The molecular weight excluding hydrogens is 192 g/mol. The molecule has 1 rings (SSSR count). The van der Waals surface area contributed by atoms with Crippen LogP contribution in [0.5, 0.6) is 0 Å². The molecule has 1 aromatic heterocycles. The molecule has 0 fully saturated rings. The zero-order valence-electron chi connectivity index (χ0n) is 6.39. The Hall–Kier alpha value is -1.69. The molecule has 0 aliphatic heterocycles. The van der Waals surface area contributed by atoms with Gasteiger partial charge in [0.15, 0.2) is 0 Å². The number of hydrogen-bond acceptors (Lipinski definition) is 5. The van der Waals surface area contributed by atoms with Gasteiger partial charge in [-0.05, 0) is 6.08 Å². The van der Waals surface area contributed by atoms with Crippen molar-refractivity contribution in [2.75, 3.05) is 0 Å². The van der Waals surface area contributed by atoms with Crippen LogP contribution < -0.4 is 10.8 Å². The van der Waals surface area contributed by atoms with E-state index in [1.807, 2.05) is 0 Å². The quantitative estimate of drug-likeness (QED) is 0.629. The highest BCUT2D eigenvalue weighted by atomic mass is 32.1. The van der Waals surface area contributed by atoms with Gasteiger partial charge >= 0.3 is 0 Å². The first kappa shape index (κ1) is 9.40. The highest BCUT2D eigenvalue weighted by Crippen LogP contribution is 2.09. The summed E-state index contributed by atoms with van der Waals surface area (Å²) in [4.78, 5) is 24.2. The molecule has 0 bridgehead atoms. The lowest BCUT2D eigenvalue weighted by Gasteiger charge is -1.91. The largest absolute Gasteiger partial charge is 0.542 e. The Morgan fingerprint density at radius 1 is 1.62 bits per heavy atom. The standard InChI is InChI=1S/C7H6N2O3S/c8-5(10)2-1-4-3-13-6(9-4)7(11)12/h1-3H,(H2,8,10)(H,11,12)/p-1. The number of aromatic nitrogens is 1. The predicted molar refractivity (Wildman–Crippen MR) is 44.7 cm³/mol. The van der Waals surface area contributed by atoms with Gasteiger partial charge in [-0.2, -0.15) is 0 Å². The van der Waals surface area contributed by atoms with Crippen molar-refractivity contribution < 1.29 is 14.7 Å². The van der Waals surface area contributed by atoms with Crippen LogP contribution in [0, 0.1) is 0 Å². The van der Waals surface area contributed by atoms with E-state index in [2.05, 4.69) is 4.98 Å². The molecule has 0 aliphatic rings. The van der Waals surface area contributed by atoms with E-state index in [4.69, 9.17) is 5.73 Å². The first-order valence-corrected chi connectivity index (χ1v) is 4.12. The SMILES string of the molecule is NC(=O)C=Cc1csc(C(=O)[O-])n1. The molecule has 0 spiro atoms. The minimum atomic E-state index is -1.33. The van der Waals surface area contributed by atoms with Crippen LogP contribution in [0.2, 0.25) is 0 Å². The van der Waals surface area contributed by atoms with Crippen LogP contribution in [-0.2, 0) is 4.79 Å². The highest BCUT2D eigenvalue weighted by Gasteiger charge is 1.99. The first-order valence-electron chi connectivity index (χ1n) is 3.24. The Kier molecular flexibility index (Phi) is 2.76. The van der Waals surface area contributed by atoms with Crippen molar-refractivity contribution in [1.82, 2.24) is 4.98 Å². The topological polar surface area (TPSA) is 96.1 Å². The van der Waals surface area contributed by atoms with E-state index in [9.17, 15) is 14.7 Å². The van der Waals surface area contributed by atoms with Gasteiger partial charge in [0.1, 0.15) is 11.0 Å². The highest BCUT2D eigenvalue weighted by molar-refractivity contribution is 7.11. The van der Waals surface area contributed by atoms with Gasteiger partial charge in [0.25, 0.3) is 0 Å². The summed E-state index contributed by atoms with van der Waals surface area (Å²) in [6, 6.07) is 0. The number of hydrogen-bond donors (Lipinski definition) is 1. The smallest absolute Gasteiger partial charge is 0.241 e. The molecular formula is C7H5N2O3S-. The maximum atomic E-state index is 10.3. The number of carbonyl (C=O) groups is 2. The minimum absolute atomic E-state index is 0.121. The average Bonchev–Trinajstić information content (AvgIpc) is 2.48. The maximum Gasteiger partial charge on any atom is 0.241 e. The summed E-state index contributed by atoms with van der Waals surface area (Å²) in [7, 11) is 0. The van der Waals surface area contributed by atoms with E-state index < -0.39 is 11.9 Å². The number of nitrogens with zero attached hydrogens (tertiary/aromatic N) is 1. The lowest BCUT2D eigenvalue weighted by atomic mass is 10.4. The zero-order valence-corrected chi connectivity index (χ0v) is 7.21. The minimum Gasteiger partial charge on any atom is -0.542 e. The van der Waals surface area contributed by atoms with Crippen LogP contribution in [0.3, 0.4) is 0 Å². The van der Waals surface area contributed by atoms with Gasteiger partial charge in [0.05, 0.1) is 5.69 Å². The predicted octanol–water partition coefficient (Wildman–Crippen LogP) is -0.995. The van der Waals surface area contributed by atoms with Crippen molar-refractivity contribution in [3.63, 3.8) is 0 Å². The summed E-state index contributed by atoms with van der Waals surface area (Å²) in [5, 5.41) is 11.6. The third kappa shape index (κ3) is 2.68. The second-order valence-electron chi connectivity index (χ2n) is 2.10. The lowest BCUT2D eigenvalue weighted by Crippen LogP contribution is -2.21. The summed E-state index contributed by atoms with van der Waals surface area (Å²) in [6.07, 6.45) is 2.44. The van der Waals surface area contributed by atoms with E-state index in [-0.39, 0.29) is 5.01 Å². The van der Waals surface area contributed by atoms with Crippen LogP contribution in [0.4, 0.5) is 0 Å². The lowest BCUT2D eigenvalue weighted by molar-refractivity contribution is -0.255. The summed E-state index contributed by atoms with van der Waals surface area (Å²) in [5.74, 6) is -1.94. The van der Waals surface area contributed by atoms with Crippen LogP contribution in [0.25, 0.3) is 6.08 Å². The maximum absolute atomic E-state index is 10.3. The van der Waals surface area contributed by atoms with Gasteiger partial charge in [-0.3, -0.25) is 4.79 Å². The third-order valence-corrected chi connectivity index (χ3v) is 1.96. The number of rotatable bonds is 3. The first-order chi connectivity index (χ1) is 6.09. The van der Waals surface area contributed by atoms with Gasteiger partial charge in [0, 0.05) is 11.5 Å². The Morgan fingerprint density at radius 3 is 2.77 bits per heavy atom. The molecule has 0 saturated carbocycles. The molecule has 5 nitrogen and oxygen atoms in total. The fourth-order valence-electron chi connectivity index (χ4n) is 0.624. The van der Waals surface area contributed by atoms with Crippen molar-refractivity contribution in [2.24, 2.45) is 5.73 Å². The van der Waals surface area contributed by atoms with E-state index in [1.165, 1.54) is 11.5 Å². The number of primary amides is 1. The summed E-state index contributed by atoms with van der Waals surface area (Å²) >= 11 is 0.933. The number of carbonyl (C=O) groups excluding carboxylic acids is 2. The van der Waals surface area contributed by atoms with Gasteiger partial charge in [-0.1, -0.05) is 0 Å². The molecule has 0 saturated heterocycles. The molecule has 0 aromatic carbocycles. The molecule has 1 aromatic rings. The van der Waals surface area contributed by atoms with Gasteiger partial charge < -0.3 is 15.6 Å². The van der Waals surface area contributed by atoms with Gasteiger partial charge in [-0.25, -0.2) is 4.98 Å².